The van der Waals surface area contributed by atoms with Gasteiger partial charge in [0.15, 0.2) is 11.5 Å². The van der Waals surface area contributed by atoms with Crippen LogP contribution in [0.25, 0.3) is 0 Å². The Morgan fingerprint density at radius 2 is 1.76 bits per heavy atom. The van der Waals surface area contributed by atoms with Crippen molar-refractivity contribution >= 4 is 0 Å². The Bertz CT molecular complexity index is 737. The number of benzene rings is 2. The lowest BCUT2D eigenvalue weighted by atomic mass is 10.1. The first-order valence-electron chi connectivity index (χ1n) is 10.0. The van der Waals surface area contributed by atoms with E-state index in [-0.39, 0.29) is 12.4 Å². The van der Waals surface area contributed by atoms with Crippen LogP contribution in [0.2, 0.25) is 0 Å². The highest BCUT2D eigenvalue weighted by atomic mass is 19.1. The topological polar surface area (TPSA) is 54.0 Å². The molecule has 5 nitrogen and oxygen atoms in total. The number of ether oxygens (including phenoxy) is 2. The predicted octanol–water partition coefficient (Wildman–Crippen LogP) is 3.25. The maximum Gasteiger partial charge on any atom is 0.161 e. The molecule has 0 aromatic heterocycles. The molecule has 0 aliphatic heterocycles. The molecule has 2 aromatic rings. The monoisotopic (exact) mass is 404 g/mol. The summed E-state index contributed by atoms with van der Waals surface area (Å²) in [5, 5.41) is 13.5. The van der Waals surface area contributed by atoms with Crippen molar-refractivity contribution in [1.82, 2.24) is 10.2 Å². The zero-order chi connectivity index (χ0) is 21.2. The minimum atomic E-state index is -0.570. The fourth-order valence-electron chi connectivity index (χ4n) is 2.84. The average Bonchev–Trinajstić information content (AvgIpc) is 2.71. The van der Waals surface area contributed by atoms with Crippen molar-refractivity contribution in [3.63, 3.8) is 0 Å². The fourth-order valence-corrected chi connectivity index (χ4v) is 2.84. The van der Waals surface area contributed by atoms with Crippen LogP contribution in [0, 0.1) is 5.82 Å². The van der Waals surface area contributed by atoms with Crippen LogP contribution in [-0.4, -0.2) is 56.0 Å². The van der Waals surface area contributed by atoms with Gasteiger partial charge in [-0.05, 0) is 69.3 Å². The third-order valence-corrected chi connectivity index (χ3v) is 4.87. The SMILES string of the molecule is COc1cc(CNCCc2ccc(F)cc2)ccc1OC[C@H](O)CN(C)C(C)C. The van der Waals surface area contributed by atoms with Crippen molar-refractivity contribution in [2.75, 3.05) is 33.9 Å². The summed E-state index contributed by atoms with van der Waals surface area (Å²) in [6.45, 7) is 6.42. The van der Waals surface area contributed by atoms with Gasteiger partial charge >= 0.3 is 0 Å². The molecular weight excluding hydrogens is 371 g/mol. The maximum absolute atomic E-state index is 12.9. The third-order valence-electron chi connectivity index (χ3n) is 4.87. The molecule has 0 saturated heterocycles. The molecule has 29 heavy (non-hydrogen) atoms. The lowest BCUT2D eigenvalue weighted by Crippen LogP contribution is -2.36. The Labute approximate surface area is 173 Å². The third kappa shape index (κ3) is 8.01. The molecular formula is C23H33FN2O3. The second-order valence-corrected chi connectivity index (χ2v) is 7.54. The molecule has 2 rings (SSSR count). The summed E-state index contributed by atoms with van der Waals surface area (Å²) in [5.74, 6) is 1.05. The lowest BCUT2D eigenvalue weighted by Gasteiger charge is -2.24. The lowest BCUT2D eigenvalue weighted by molar-refractivity contribution is 0.0668. The minimum absolute atomic E-state index is 0.211. The largest absolute Gasteiger partial charge is 0.493 e. The number of aliphatic hydroxyl groups is 1. The van der Waals surface area contributed by atoms with Gasteiger partial charge in [-0.3, -0.25) is 0 Å². The summed E-state index contributed by atoms with van der Waals surface area (Å²) in [4.78, 5) is 2.08. The highest BCUT2D eigenvalue weighted by molar-refractivity contribution is 5.43. The zero-order valence-corrected chi connectivity index (χ0v) is 17.8. The average molecular weight is 405 g/mol. The Balaban J connectivity index is 1.80. The normalized spacial score (nSPS) is 12.4. The van der Waals surface area contributed by atoms with Crippen LogP contribution in [0.1, 0.15) is 25.0 Å². The molecule has 0 fully saturated rings. The molecule has 1 atom stereocenters. The van der Waals surface area contributed by atoms with Gasteiger partial charge in [0.25, 0.3) is 0 Å². The van der Waals surface area contributed by atoms with Gasteiger partial charge in [-0.25, -0.2) is 4.39 Å². The van der Waals surface area contributed by atoms with Gasteiger partial charge < -0.3 is 24.8 Å². The molecule has 2 N–H and O–H groups in total. The molecule has 0 saturated carbocycles. The van der Waals surface area contributed by atoms with Crippen LogP contribution in [0.15, 0.2) is 42.5 Å². The number of nitrogens with zero attached hydrogens (tertiary/aromatic N) is 1. The number of nitrogens with one attached hydrogen (secondary N) is 1. The van der Waals surface area contributed by atoms with Crippen LogP contribution in [-0.2, 0) is 13.0 Å². The Morgan fingerprint density at radius 3 is 2.41 bits per heavy atom. The van der Waals surface area contributed by atoms with Gasteiger partial charge in [0.2, 0.25) is 0 Å². The smallest absolute Gasteiger partial charge is 0.161 e. The van der Waals surface area contributed by atoms with Gasteiger partial charge in [-0.1, -0.05) is 18.2 Å². The molecule has 0 bridgehead atoms. The van der Waals surface area contributed by atoms with Crippen LogP contribution in [0.5, 0.6) is 11.5 Å². The Hall–Kier alpha value is -2.15. The van der Waals surface area contributed by atoms with E-state index in [1.54, 1.807) is 19.2 Å². The summed E-state index contributed by atoms with van der Waals surface area (Å²) in [7, 11) is 3.59. The molecule has 0 unspecified atom stereocenters. The standard InChI is InChI=1S/C23H33FN2O3/c1-17(2)26(3)15-21(27)16-29-22-10-7-19(13-23(22)28-4)14-25-12-11-18-5-8-20(24)9-6-18/h5-10,13,17,21,25,27H,11-12,14-16H2,1-4H3/t21-/m1/s1. The quantitative estimate of drug-likeness (QED) is 0.532. The summed E-state index contributed by atoms with van der Waals surface area (Å²) < 4.78 is 24.1. The highest BCUT2D eigenvalue weighted by Gasteiger charge is 2.13. The van der Waals surface area contributed by atoms with Gasteiger partial charge in [0.05, 0.1) is 7.11 Å². The summed E-state index contributed by atoms with van der Waals surface area (Å²) in [6.07, 6.45) is 0.265. The van der Waals surface area contributed by atoms with E-state index in [9.17, 15) is 9.50 Å². The number of likely N-dealkylation sites (N-methyl/N-ethyl adjacent to an activating group) is 1. The molecule has 6 heteroatoms. The number of hydrogen-bond donors (Lipinski definition) is 2. The molecule has 0 aliphatic carbocycles. The zero-order valence-electron chi connectivity index (χ0n) is 17.8. The highest BCUT2D eigenvalue weighted by Crippen LogP contribution is 2.28. The minimum Gasteiger partial charge on any atom is -0.493 e. The molecule has 2 aromatic carbocycles. The van der Waals surface area contributed by atoms with Crippen LogP contribution in [0.3, 0.4) is 0 Å². The van der Waals surface area contributed by atoms with Crippen molar-refractivity contribution < 1.29 is 19.0 Å². The molecule has 0 aliphatic rings. The Morgan fingerprint density at radius 1 is 1.07 bits per heavy atom. The van der Waals surface area contributed by atoms with E-state index in [0.717, 1.165) is 24.1 Å². The van der Waals surface area contributed by atoms with Crippen molar-refractivity contribution in [3.8, 4) is 11.5 Å². The van der Waals surface area contributed by atoms with Crippen molar-refractivity contribution in [2.24, 2.45) is 0 Å². The first kappa shape index (κ1) is 23.1. The number of halogens is 1. The van der Waals surface area contributed by atoms with E-state index in [1.807, 2.05) is 25.2 Å². The van der Waals surface area contributed by atoms with E-state index in [4.69, 9.17) is 9.47 Å². The van der Waals surface area contributed by atoms with Gasteiger partial charge in [-0.2, -0.15) is 0 Å². The molecule has 160 valence electrons. The van der Waals surface area contributed by atoms with E-state index >= 15 is 0 Å². The fraction of sp³-hybridized carbons (Fsp3) is 0.478. The summed E-state index contributed by atoms with van der Waals surface area (Å²) >= 11 is 0. The van der Waals surface area contributed by atoms with Crippen molar-refractivity contribution in [2.45, 2.75) is 39.0 Å². The molecule has 0 heterocycles. The van der Waals surface area contributed by atoms with E-state index < -0.39 is 6.10 Å². The van der Waals surface area contributed by atoms with Crippen molar-refractivity contribution in [1.29, 1.82) is 0 Å². The van der Waals surface area contributed by atoms with Gasteiger partial charge in [0, 0.05) is 19.1 Å². The number of rotatable bonds is 12. The van der Waals surface area contributed by atoms with Crippen LogP contribution < -0.4 is 14.8 Å². The maximum atomic E-state index is 12.9. The van der Waals surface area contributed by atoms with E-state index in [1.165, 1.54) is 12.1 Å². The Kier molecular flexibility index (Phi) is 9.38. The van der Waals surface area contributed by atoms with Gasteiger partial charge in [-0.15, -0.1) is 0 Å². The first-order chi connectivity index (χ1) is 13.9. The molecule has 0 amide bonds. The second-order valence-electron chi connectivity index (χ2n) is 7.54. The molecule has 0 spiro atoms. The van der Waals surface area contributed by atoms with Crippen molar-refractivity contribution in [3.05, 3.63) is 59.4 Å². The number of methoxy groups -OCH3 is 1. The van der Waals surface area contributed by atoms with E-state index in [2.05, 4.69) is 24.1 Å². The summed E-state index contributed by atoms with van der Waals surface area (Å²) in [5.41, 5.74) is 2.18. The predicted molar refractivity (Wildman–Crippen MR) is 114 cm³/mol. The molecule has 0 radical (unpaired) electrons. The number of hydrogen-bond acceptors (Lipinski definition) is 5. The summed E-state index contributed by atoms with van der Waals surface area (Å²) in [6, 6.07) is 12.7. The first-order valence-corrected chi connectivity index (χ1v) is 10.0. The second kappa shape index (κ2) is 11.8. The van der Waals surface area contributed by atoms with E-state index in [0.29, 0.717) is 30.6 Å². The van der Waals surface area contributed by atoms with Gasteiger partial charge in [0.1, 0.15) is 18.5 Å². The number of aliphatic hydroxyl groups excluding tert-OH is 1. The van der Waals surface area contributed by atoms with Crippen LogP contribution in [0.4, 0.5) is 4.39 Å². The van der Waals surface area contributed by atoms with Crippen LogP contribution >= 0.6 is 0 Å².